The molecule has 0 N–H and O–H groups in total. The standard InChI is InChI=1S/C14H14N4O/c1-9-4-11(3)12(5-10(9)2)13(19)7-18-8-16-14(6-15)17-18/h4-5,8H,7H2,1-3H3. The van der Waals surface area contributed by atoms with Crippen molar-refractivity contribution in [3.05, 3.63) is 46.5 Å². The molecular formula is C14H14N4O. The number of hydrogen-bond donors (Lipinski definition) is 0. The molecule has 0 unspecified atom stereocenters. The van der Waals surface area contributed by atoms with Crippen molar-refractivity contribution in [2.75, 3.05) is 0 Å². The van der Waals surface area contributed by atoms with Crippen LogP contribution in [-0.4, -0.2) is 20.5 Å². The zero-order chi connectivity index (χ0) is 14.0. The zero-order valence-corrected chi connectivity index (χ0v) is 11.1. The van der Waals surface area contributed by atoms with E-state index in [1.165, 1.54) is 16.6 Å². The highest BCUT2D eigenvalue weighted by Crippen LogP contribution is 2.16. The summed E-state index contributed by atoms with van der Waals surface area (Å²) in [7, 11) is 0. The van der Waals surface area contributed by atoms with Gasteiger partial charge in [-0.3, -0.25) is 4.79 Å². The van der Waals surface area contributed by atoms with E-state index in [-0.39, 0.29) is 18.2 Å². The number of benzene rings is 1. The molecule has 5 heteroatoms. The van der Waals surface area contributed by atoms with Crippen molar-refractivity contribution >= 4 is 5.78 Å². The minimum atomic E-state index is -0.0324. The molecule has 0 aliphatic heterocycles. The third-order valence-electron chi connectivity index (χ3n) is 3.08. The highest BCUT2D eigenvalue weighted by atomic mass is 16.1. The molecule has 2 aromatic rings. The second kappa shape index (κ2) is 5.02. The van der Waals surface area contributed by atoms with Crippen LogP contribution in [0.25, 0.3) is 0 Å². The van der Waals surface area contributed by atoms with E-state index in [9.17, 15) is 4.79 Å². The van der Waals surface area contributed by atoms with Gasteiger partial charge < -0.3 is 0 Å². The SMILES string of the molecule is Cc1cc(C)c(C(=O)Cn2cnc(C#N)n2)cc1C. The van der Waals surface area contributed by atoms with Crippen molar-refractivity contribution in [1.82, 2.24) is 14.8 Å². The van der Waals surface area contributed by atoms with Crippen molar-refractivity contribution in [1.29, 1.82) is 5.26 Å². The molecule has 19 heavy (non-hydrogen) atoms. The van der Waals surface area contributed by atoms with Gasteiger partial charge in [0.05, 0.1) is 0 Å². The first kappa shape index (κ1) is 13.0. The number of Topliss-reactive ketones (excluding diaryl/α,β-unsaturated/α-hetero) is 1. The lowest BCUT2D eigenvalue weighted by Crippen LogP contribution is -2.13. The molecule has 2 rings (SSSR count). The summed E-state index contributed by atoms with van der Waals surface area (Å²) in [6, 6.07) is 5.74. The van der Waals surface area contributed by atoms with Crippen LogP contribution in [0, 0.1) is 32.1 Å². The highest BCUT2D eigenvalue weighted by molar-refractivity contribution is 5.97. The summed E-state index contributed by atoms with van der Waals surface area (Å²) in [4.78, 5) is 16.0. The van der Waals surface area contributed by atoms with Gasteiger partial charge in [-0.25, -0.2) is 9.67 Å². The lowest BCUT2D eigenvalue weighted by molar-refractivity contribution is 0.0967. The third-order valence-corrected chi connectivity index (χ3v) is 3.08. The Bertz CT molecular complexity index is 679. The fourth-order valence-corrected chi connectivity index (χ4v) is 1.92. The Morgan fingerprint density at radius 3 is 2.58 bits per heavy atom. The van der Waals surface area contributed by atoms with Crippen LogP contribution in [0.3, 0.4) is 0 Å². The Balaban J connectivity index is 2.25. The topological polar surface area (TPSA) is 71.6 Å². The van der Waals surface area contributed by atoms with Crippen LogP contribution < -0.4 is 0 Å². The van der Waals surface area contributed by atoms with Gasteiger partial charge in [0.25, 0.3) is 5.82 Å². The van der Waals surface area contributed by atoms with Crippen molar-refractivity contribution in [2.24, 2.45) is 0 Å². The van der Waals surface area contributed by atoms with Crippen LogP contribution in [0.1, 0.15) is 32.9 Å². The van der Waals surface area contributed by atoms with E-state index in [1.807, 2.05) is 39.0 Å². The summed E-state index contributed by atoms with van der Waals surface area (Å²) in [5, 5.41) is 12.5. The van der Waals surface area contributed by atoms with Gasteiger partial charge in [-0.2, -0.15) is 5.26 Å². The van der Waals surface area contributed by atoms with E-state index in [0.717, 1.165) is 11.1 Å². The summed E-state index contributed by atoms with van der Waals surface area (Å²) < 4.78 is 1.38. The fourth-order valence-electron chi connectivity index (χ4n) is 1.92. The number of aryl methyl sites for hydroxylation is 3. The Labute approximate surface area is 111 Å². The average Bonchev–Trinajstić information content (AvgIpc) is 2.81. The molecule has 0 saturated carbocycles. The van der Waals surface area contributed by atoms with E-state index in [1.54, 1.807) is 0 Å². The van der Waals surface area contributed by atoms with Gasteiger partial charge in [-0.15, -0.1) is 5.10 Å². The molecule has 0 amide bonds. The molecule has 0 bridgehead atoms. The van der Waals surface area contributed by atoms with Crippen LogP contribution in [0.5, 0.6) is 0 Å². The maximum Gasteiger partial charge on any atom is 0.252 e. The Morgan fingerprint density at radius 2 is 1.95 bits per heavy atom. The molecule has 0 radical (unpaired) electrons. The summed E-state index contributed by atoms with van der Waals surface area (Å²) in [5.74, 6) is 0.0413. The first-order chi connectivity index (χ1) is 9.01. The lowest BCUT2D eigenvalue weighted by atomic mass is 9.98. The molecule has 0 aliphatic rings. The summed E-state index contributed by atoms with van der Waals surface area (Å²) in [5.41, 5.74) is 3.90. The fraction of sp³-hybridized carbons (Fsp3) is 0.286. The highest BCUT2D eigenvalue weighted by Gasteiger charge is 2.12. The first-order valence-corrected chi connectivity index (χ1v) is 5.92. The molecule has 0 atom stereocenters. The number of nitriles is 1. The minimum absolute atomic E-state index is 0.0324. The number of rotatable bonds is 3. The average molecular weight is 254 g/mol. The predicted octanol–water partition coefficient (Wildman–Crippen LogP) is 1.96. The quantitative estimate of drug-likeness (QED) is 0.785. The summed E-state index contributed by atoms with van der Waals surface area (Å²) >= 11 is 0. The van der Waals surface area contributed by atoms with Gasteiger partial charge in [0.15, 0.2) is 5.78 Å². The molecule has 5 nitrogen and oxygen atoms in total. The van der Waals surface area contributed by atoms with Gasteiger partial charge in [-0.05, 0) is 43.5 Å². The smallest absolute Gasteiger partial charge is 0.252 e. The third kappa shape index (κ3) is 2.68. The van der Waals surface area contributed by atoms with E-state index in [0.29, 0.717) is 5.56 Å². The largest absolute Gasteiger partial charge is 0.292 e. The molecular weight excluding hydrogens is 240 g/mol. The number of nitrogens with zero attached hydrogens (tertiary/aromatic N) is 4. The predicted molar refractivity (Wildman–Crippen MR) is 69.7 cm³/mol. The molecule has 1 aromatic heterocycles. The zero-order valence-electron chi connectivity index (χ0n) is 11.1. The van der Waals surface area contributed by atoms with Gasteiger partial charge in [-0.1, -0.05) is 6.07 Å². The lowest BCUT2D eigenvalue weighted by Gasteiger charge is -2.08. The van der Waals surface area contributed by atoms with Crippen LogP contribution in [0.2, 0.25) is 0 Å². The van der Waals surface area contributed by atoms with Crippen molar-refractivity contribution in [3.63, 3.8) is 0 Å². The molecule has 1 aromatic carbocycles. The first-order valence-electron chi connectivity index (χ1n) is 5.92. The number of aromatic nitrogens is 3. The van der Waals surface area contributed by atoms with Crippen molar-refractivity contribution in [3.8, 4) is 6.07 Å². The van der Waals surface area contributed by atoms with Gasteiger partial charge >= 0.3 is 0 Å². The normalized spacial score (nSPS) is 10.2. The molecule has 0 fully saturated rings. The molecule has 0 aliphatic carbocycles. The molecule has 0 spiro atoms. The van der Waals surface area contributed by atoms with Crippen molar-refractivity contribution < 1.29 is 4.79 Å². The molecule has 1 heterocycles. The number of carbonyl (C=O) groups is 1. The second-order valence-corrected chi connectivity index (χ2v) is 4.55. The van der Waals surface area contributed by atoms with Crippen LogP contribution in [0.15, 0.2) is 18.5 Å². The minimum Gasteiger partial charge on any atom is -0.292 e. The maximum atomic E-state index is 12.2. The number of hydrogen-bond acceptors (Lipinski definition) is 4. The van der Waals surface area contributed by atoms with E-state index < -0.39 is 0 Å². The van der Waals surface area contributed by atoms with Crippen LogP contribution in [0.4, 0.5) is 0 Å². The van der Waals surface area contributed by atoms with E-state index >= 15 is 0 Å². The van der Waals surface area contributed by atoms with Crippen molar-refractivity contribution in [2.45, 2.75) is 27.3 Å². The monoisotopic (exact) mass is 254 g/mol. The van der Waals surface area contributed by atoms with E-state index in [2.05, 4.69) is 10.1 Å². The maximum absolute atomic E-state index is 12.2. The van der Waals surface area contributed by atoms with Gasteiger partial charge in [0, 0.05) is 5.56 Å². The Hall–Kier alpha value is -2.48. The summed E-state index contributed by atoms with van der Waals surface area (Å²) in [6.07, 6.45) is 1.40. The summed E-state index contributed by atoms with van der Waals surface area (Å²) in [6.45, 7) is 6.02. The van der Waals surface area contributed by atoms with Crippen LogP contribution >= 0.6 is 0 Å². The Morgan fingerprint density at radius 1 is 1.26 bits per heavy atom. The van der Waals surface area contributed by atoms with Gasteiger partial charge in [0.2, 0.25) is 0 Å². The Kier molecular flexibility index (Phi) is 3.43. The number of ketones is 1. The molecule has 0 saturated heterocycles. The van der Waals surface area contributed by atoms with Crippen LogP contribution in [-0.2, 0) is 6.54 Å². The second-order valence-electron chi connectivity index (χ2n) is 4.55. The number of carbonyl (C=O) groups excluding carboxylic acids is 1. The van der Waals surface area contributed by atoms with Gasteiger partial charge in [0.1, 0.15) is 18.9 Å². The van der Waals surface area contributed by atoms with E-state index in [4.69, 9.17) is 5.26 Å². The molecule has 96 valence electrons.